The van der Waals surface area contributed by atoms with Crippen LogP contribution in [0, 0.1) is 0 Å². The van der Waals surface area contributed by atoms with Crippen molar-refractivity contribution in [2.45, 2.75) is 24.2 Å². The Kier molecular flexibility index (Phi) is 34.9. The second-order valence-corrected chi connectivity index (χ2v) is 5.78. The van der Waals surface area contributed by atoms with Crippen LogP contribution in [0.2, 0.25) is 0 Å². The molecule has 0 aromatic carbocycles. The zero-order valence-electron chi connectivity index (χ0n) is 17.2. The van der Waals surface area contributed by atoms with E-state index in [1.807, 2.05) is 0 Å². The molecule has 0 aliphatic rings. The summed E-state index contributed by atoms with van der Waals surface area (Å²) in [6.07, 6.45) is 0. The van der Waals surface area contributed by atoms with E-state index < -0.39 is 48.0 Å². The molecule has 0 radical (unpaired) electrons. The molecule has 12 N–H and O–H groups in total. The van der Waals surface area contributed by atoms with Gasteiger partial charge in [0.2, 0.25) is 0 Å². The van der Waals surface area contributed by atoms with E-state index in [2.05, 4.69) is 50.5 Å². The summed E-state index contributed by atoms with van der Waals surface area (Å²) in [6, 6.07) is -3.46. The van der Waals surface area contributed by atoms with Gasteiger partial charge in [0.25, 0.3) is 0 Å². The molecule has 0 heterocycles. The Balaban J connectivity index is -0.0000000480. The Bertz CT molecular complexity index is 398. The van der Waals surface area contributed by atoms with Crippen LogP contribution in [0.4, 0.5) is 0 Å². The van der Waals surface area contributed by atoms with Gasteiger partial charge in [0.1, 0.15) is 0 Å². The van der Waals surface area contributed by atoms with E-state index in [1.165, 1.54) is 0 Å². The predicted molar refractivity (Wildman–Crippen MR) is 114 cm³/mol. The minimum absolute atomic E-state index is 0. The van der Waals surface area contributed by atoms with Gasteiger partial charge < -0.3 is 93.9 Å². The standard InChI is InChI=1S/4C3H7NO2S.Zn/c4*4-2(1-7)3(5)6;/h4*2,7H,1,4H2,(H,5,6);/q;;;;+2/p-2/t4*2-;/m0000./s1. The van der Waals surface area contributed by atoms with E-state index in [0.717, 1.165) is 0 Å². The van der Waals surface area contributed by atoms with E-state index in [0.29, 0.717) is 0 Å². The summed E-state index contributed by atoms with van der Waals surface area (Å²) in [7, 11) is 0. The quantitative estimate of drug-likeness (QED) is 0.106. The van der Waals surface area contributed by atoms with Gasteiger partial charge in [0.05, 0.1) is 24.2 Å². The number of carbonyl (C=O) groups is 4. The number of hydrogen-bond donors (Lipinski definition) is 8. The van der Waals surface area contributed by atoms with Gasteiger partial charge in [-0.25, -0.2) is 0 Å². The van der Waals surface area contributed by atoms with Crippen molar-refractivity contribution in [2.75, 3.05) is 23.0 Å². The van der Waals surface area contributed by atoms with E-state index in [1.54, 1.807) is 0 Å². The molecule has 12 nitrogen and oxygen atoms in total. The fourth-order valence-corrected chi connectivity index (χ4v) is 0.855. The number of carboxylic acids is 4. The fourth-order valence-electron chi connectivity index (χ4n) is 0.285. The smallest absolute Gasteiger partial charge is 0.791 e. The Morgan fingerprint density at radius 3 is 0.655 bits per heavy atom. The third-order valence-electron chi connectivity index (χ3n) is 1.99. The average molecular weight is 548 g/mol. The second-order valence-electron chi connectivity index (χ2n) is 4.45. The van der Waals surface area contributed by atoms with Crippen LogP contribution in [0.3, 0.4) is 0 Å². The molecular formula is C12H26N4O8S4Zn. The normalized spacial score (nSPS) is 13.0. The van der Waals surface area contributed by atoms with Crippen molar-refractivity contribution in [1.82, 2.24) is 0 Å². The maximum atomic E-state index is 9.74. The van der Waals surface area contributed by atoms with Crippen LogP contribution in [0.1, 0.15) is 2.85 Å². The Morgan fingerprint density at radius 1 is 0.552 bits per heavy atom. The van der Waals surface area contributed by atoms with Gasteiger partial charge in [-0.05, 0) is 0 Å². The van der Waals surface area contributed by atoms with Gasteiger partial charge in [-0.15, -0.1) is 0 Å². The van der Waals surface area contributed by atoms with Crippen LogP contribution in [0.25, 0.3) is 0 Å². The summed E-state index contributed by atoms with van der Waals surface area (Å²) in [6.45, 7) is 0. The molecule has 4 atom stereocenters. The molecule has 0 aromatic heterocycles. The molecular weight excluding hydrogens is 522 g/mol. The van der Waals surface area contributed by atoms with E-state index in [4.69, 9.17) is 43.4 Å². The molecule has 0 spiro atoms. The van der Waals surface area contributed by atoms with Crippen LogP contribution < -0.4 is 22.9 Å². The molecule has 0 amide bonds. The van der Waals surface area contributed by atoms with Crippen LogP contribution in [0.15, 0.2) is 0 Å². The third kappa shape index (κ3) is 32.6. The number of hydrogen-bond acceptors (Lipinski definition) is 12. The fraction of sp³-hybridized carbons (Fsp3) is 0.667. The zero-order chi connectivity index (χ0) is 23.4. The van der Waals surface area contributed by atoms with Crippen molar-refractivity contribution < 1.29 is 61.9 Å². The van der Waals surface area contributed by atoms with Gasteiger partial charge in [-0.3, -0.25) is 19.2 Å². The summed E-state index contributed by atoms with van der Waals surface area (Å²) in [5.74, 6) is -3.81. The van der Waals surface area contributed by atoms with Gasteiger partial charge >= 0.3 is 46.2 Å². The Morgan fingerprint density at radius 2 is 0.655 bits per heavy atom. The molecule has 0 saturated carbocycles. The molecule has 168 valence electrons. The topological polar surface area (TPSA) is 253 Å². The molecule has 0 saturated heterocycles. The molecule has 29 heavy (non-hydrogen) atoms. The van der Waals surface area contributed by atoms with E-state index >= 15 is 0 Å². The molecule has 0 bridgehead atoms. The summed E-state index contributed by atoms with van der Waals surface area (Å²) in [5, 5.41) is 32.0. The van der Waals surface area contributed by atoms with Crippen LogP contribution >= 0.6 is 0 Å². The summed E-state index contributed by atoms with van der Waals surface area (Å²) in [5.41, 5.74) is 19.6. The SMILES string of the molecule is N[C@@H](C[S-])C(=O)O.N[C@@H](C[S-])C(=O)O.N[C@@H](C[S-])C(=O)O.N[C@@H](C[S-])C(=O)O.[H+].[H+].[Zn+2]. The molecule has 0 aromatic rings. The first-order valence-corrected chi connectivity index (χ1v) is 9.30. The van der Waals surface area contributed by atoms with Crippen molar-refractivity contribution >= 4 is 74.4 Å². The van der Waals surface area contributed by atoms with Gasteiger partial charge in [-0.2, -0.15) is 23.0 Å². The van der Waals surface area contributed by atoms with Gasteiger partial charge in [0.15, 0.2) is 0 Å². The van der Waals surface area contributed by atoms with Crippen molar-refractivity contribution in [3.8, 4) is 0 Å². The monoisotopic (exact) mass is 546 g/mol. The van der Waals surface area contributed by atoms with E-state index in [-0.39, 0.29) is 45.3 Å². The summed E-state index contributed by atoms with van der Waals surface area (Å²) < 4.78 is 0. The first kappa shape index (κ1) is 39.2. The number of rotatable bonds is 8. The van der Waals surface area contributed by atoms with Crippen molar-refractivity contribution in [3.05, 3.63) is 0 Å². The van der Waals surface area contributed by atoms with Crippen molar-refractivity contribution in [3.63, 3.8) is 0 Å². The minimum Gasteiger partial charge on any atom is -0.791 e. The molecule has 17 heteroatoms. The van der Waals surface area contributed by atoms with Gasteiger partial charge in [0, 0.05) is 0 Å². The van der Waals surface area contributed by atoms with Gasteiger partial charge in [-0.1, -0.05) is 0 Å². The first-order valence-electron chi connectivity index (χ1n) is 6.99. The van der Waals surface area contributed by atoms with Crippen LogP contribution in [-0.2, 0) is 89.2 Å². The zero-order valence-corrected chi connectivity index (χ0v) is 21.4. The molecule has 0 rings (SSSR count). The minimum atomic E-state index is -1.03. The van der Waals surface area contributed by atoms with Crippen LogP contribution in [-0.4, -0.2) is 91.5 Å². The number of carboxylic acid groups (broad SMARTS) is 4. The maximum absolute atomic E-state index is 9.74. The molecule has 0 aliphatic heterocycles. The summed E-state index contributed by atoms with van der Waals surface area (Å²) >= 11 is 17.4. The van der Waals surface area contributed by atoms with E-state index in [9.17, 15) is 19.2 Å². The Hall–Kier alpha value is -0.257. The largest absolute Gasteiger partial charge is 2.00 e. The van der Waals surface area contributed by atoms with Crippen LogP contribution in [0.5, 0.6) is 0 Å². The molecule has 0 fully saturated rings. The molecule has 0 aliphatic carbocycles. The third-order valence-corrected chi connectivity index (χ3v) is 3.42. The second kappa shape index (κ2) is 25.8. The first-order chi connectivity index (χ1) is 12.7. The number of nitrogens with two attached hydrogens (primary N) is 4. The summed E-state index contributed by atoms with van der Waals surface area (Å²) in [4.78, 5) is 39.0. The Labute approximate surface area is 205 Å². The average Bonchev–Trinajstić information content (AvgIpc) is 2.66. The molecule has 0 unspecified atom stereocenters. The maximum Gasteiger partial charge on any atom is 2.00 e. The number of aliphatic carboxylic acids is 4. The predicted octanol–water partition coefficient (Wildman–Crippen LogP) is -4.00. The van der Waals surface area contributed by atoms with Crippen molar-refractivity contribution in [2.24, 2.45) is 22.9 Å². The van der Waals surface area contributed by atoms with Crippen molar-refractivity contribution in [1.29, 1.82) is 0 Å².